The first-order chi connectivity index (χ1) is 5.25. The molecular weight excluding hydrogens is 134 g/mol. The van der Waals surface area contributed by atoms with Gasteiger partial charge in [0.2, 0.25) is 0 Å². The zero-order chi connectivity index (χ0) is 8.27. The van der Waals surface area contributed by atoms with Crippen molar-refractivity contribution in [3.05, 3.63) is 11.6 Å². The molecule has 2 unspecified atom stereocenters. The monoisotopic (exact) mass is 153 g/mol. The maximum absolute atomic E-state index is 6.01. The van der Waals surface area contributed by atoms with E-state index in [1.807, 2.05) is 0 Å². The summed E-state index contributed by atoms with van der Waals surface area (Å²) in [5.74, 6) is 0.675. The Morgan fingerprint density at radius 1 is 1.36 bits per heavy atom. The molecule has 1 rings (SSSR count). The van der Waals surface area contributed by atoms with Crippen molar-refractivity contribution < 1.29 is 0 Å². The van der Waals surface area contributed by atoms with Gasteiger partial charge in [0, 0.05) is 6.04 Å². The highest BCUT2D eigenvalue weighted by Crippen LogP contribution is 2.28. The zero-order valence-electron chi connectivity index (χ0n) is 7.64. The van der Waals surface area contributed by atoms with E-state index >= 15 is 0 Å². The van der Waals surface area contributed by atoms with E-state index in [1.54, 1.807) is 0 Å². The quantitative estimate of drug-likeness (QED) is 0.575. The van der Waals surface area contributed by atoms with Gasteiger partial charge < -0.3 is 5.73 Å². The molecule has 2 N–H and O–H groups in total. The lowest BCUT2D eigenvalue weighted by molar-refractivity contribution is 0.347. The molecule has 0 bridgehead atoms. The number of hydrogen-bond donors (Lipinski definition) is 1. The molecule has 1 fully saturated rings. The van der Waals surface area contributed by atoms with E-state index in [9.17, 15) is 0 Å². The van der Waals surface area contributed by atoms with Crippen LogP contribution in [0.25, 0.3) is 0 Å². The second-order valence-electron chi connectivity index (χ2n) is 3.59. The van der Waals surface area contributed by atoms with Gasteiger partial charge in [-0.15, -0.1) is 0 Å². The van der Waals surface area contributed by atoms with E-state index < -0.39 is 0 Å². The van der Waals surface area contributed by atoms with Crippen molar-refractivity contribution in [2.24, 2.45) is 11.7 Å². The van der Waals surface area contributed by atoms with E-state index in [-0.39, 0.29) is 0 Å². The number of rotatable bonds is 1. The van der Waals surface area contributed by atoms with Gasteiger partial charge in [-0.1, -0.05) is 24.5 Å². The predicted octanol–water partition coefficient (Wildman–Crippen LogP) is 2.47. The normalized spacial score (nSPS) is 33.9. The number of hydrogen-bond acceptors (Lipinski definition) is 1. The topological polar surface area (TPSA) is 26.0 Å². The highest BCUT2D eigenvalue weighted by Gasteiger charge is 2.22. The lowest BCUT2D eigenvalue weighted by Gasteiger charge is -2.29. The maximum atomic E-state index is 6.01. The summed E-state index contributed by atoms with van der Waals surface area (Å²) in [7, 11) is 0. The lowest BCUT2D eigenvalue weighted by Crippen LogP contribution is -2.33. The van der Waals surface area contributed by atoms with Crippen molar-refractivity contribution in [2.45, 2.75) is 45.6 Å². The van der Waals surface area contributed by atoms with Crippen LogP contribution >= 0.6 is 0 Å². The molecule has 1 saturated carbocycles. The molecule has 0 aromatic carbocycles. The summed E-state index contributed by atoms with van der Waals surface area (Å²) in [5, 5.41) is 0. The van der Waals surface area contributed by atoms with Crippen LogP contribution in [0.15, 0.2) is 11.6 Å². The Balaban J connectivity index is 2.54. The molecule has 0 heterocycles. The average Bonchev–Trinajstić information content (AvgIpc) is 2.04. The second kappa shape index (κ2) is 3.91. The Morgan fingerprint density at radius 3 is 2.55 bits per heavy atom. The minimum absolute atomic E-state index is 0.431. The van der Waals surface area contributed by atoms with Crippen molar-refractivity contribution in [1.29, 1.82) is 0 Å². The first-order valence-electron chi connectivity index (χ1n) is 4.64. The smallest absolute Gasteiger partial charge is 0.0104 e. The van der Waals surface area contributed by atoms with Crippen molar-refractivity contribution in [3.8, 4) is 0 Å². The third-order valence-electron chi connectivity index (χ3n) is 2.86. The van der Waals surface area contributed by atoms with Gasteiger partial charge in [-0.25, -0.2) is 0 Å². The Hall–Kier alpha value is -0.300. The first-order valence-corrected chi connectivity index (χ1v) is 4.64. The van der Waals surface area contributed by atoms with Crippen LogP contribution in [0.2, 0.25) is 0 Å². The van der Waals surface area contributed by atoms with Gasteiger partial charge in [-0.05, 0) is 32.6 Å². The Kier molecular flexibility index (Phi) is 3.13. The summed E-state index contributed by atoms with van der Waals surface area (Å²) in [6.45, 7) is 4.31. The zero-order valence-corrected chi connectivity index (χ0v) is 7.64. The van der Waals surface area contributed by atoms with Gasteiger partial charge in [0.05, 0.1) is 0 Å². The van der Waals surface area contributed by atoms with Crippen LogP contribution < -0.4 is 5.73 Å². The molecule has 11 heavy (non-hydrogen) atoms. The Morgan fingerprint density at radius 2 is 2.00 bits per heavy atom. The predicted molar refractivity (Wildman–Crippen MR) is 49.4 cm³/mol. The van der Waals surface area contributed by atoms with Gasteiger partial charge >= 0.3 is 0 Å². The molecule has 0 amide bonds. The third-order valence-corrected chi connectivity index (χ3v) is 2.86. The van der Waals surface area contributed by atoms with Crippen LogP contribution in [0.3, 0.4) is 0 Å². The van der Waals surface area contributed by atoms with Crippen LogP contribution in [0.5, 0.6) is 0 Å². The number of allylic oxidation sites excluding steroid dienone is 1. The molecule has 0 radical (unpaired) electrons. The van der Waals surface area contributed by atoms with E-state index in [1.165, 1.54) is 31.3 Å². The van der Waals surface area contributed by atoms with Crippen LogP contribution in [-0.2, 0) is 0 Å². The average molecular weight is 153 g/mol. The van der Waals surface area contributed by atoms with Crippen LogP contribution in [0.4, 0.5) is 0 Å². The molecule has 1 heteroatoms. The van der Waals surface area contributed by atoms with Gasteiger partial charge in [-0.2, -0.15) is 0 Å². The van der Waals surface area contributed by atoms with E-state index in [2.05, 4.69) is 19.9 Å². The van der Waals surface area contributed by atoms with Crippen molar-refractivity contribution in [2.75, 3.05) is 0 Å². The van der Waals surface area contributed by atoms with Crippen LogP contribution in [0.1, 0.15) is 39.5 Å². The fourth-order valence-electron chi connectivity index (χ4n) is 1.94. The van der Waals surface area contributed by atoms with Gasteiger partial charge in [0.15, 0.2) is 0 Å². The maximum Gasteiger partial charge on any atom is 0.0104 e. The highest BCUT2D eigenvalue weighted by molar-refractivity contribution is 5.06. The molecule has 0 aliphatic heterocycles. The van der Waals surface area contributed by atoms with Crippen LogP contribution in [0, 0.1) is 5.92 Å². The van der Waals surface area contributed by atoms with Crippen molar-refractivity contribution in [3.63, 3.8) is 0 Å². The van der Waals surface area contributed by atoms with Gasteiger partial charge in [-0.3, -0.25) is 0 Å². The van der Waals surface area contributed by atoms with E-state index in [0.717, 1.165) is 0 Å². The summed E-state index contributed by atoms with van der Waals surface area (Å²) in [4.78, 5) is 0. The Bertz CT molecular complexity index is 149. The lowest BCUT2D eigenvalue weighted by atomic mass is 9.81. The standard InChI is InChI=1S/C10H19N/c1-3-8(2)9-6-4-5-7-10(9)11/h3,9-10H,4-7,11H2,1-2H3/b8-3-. The highest BCUT2D eigenvalue weighted by atomic mass is 14.7. The minimum atomic E-state index is 0.431. The summed E-state index contributed by atoms with van der Waals surface area (Å²) in [6, 6.07) is 0.431. The summed E-state index contributed by atoms with van der Waals surface area (Å²) < 4.78 is 0. The van der Waals surface area contributed by atoms with Gasteiger partial charge in [0.1, 0.15) is 0 Å². The van der Waals surface area contributed by atoms with E-state index in [0.29, 0.717) is 12.0 Å². The second-order valence-corrected chi connectivity index (χ2v) is 3.59. The molecule has 1 aliphatic carbocycles. The van der Waals surface area contributed by atoms with Crippen LogP contribution in [-0.4, -0.2) is 6.04 Å². The molecule has 1 aliphatic rings. The molecule has 2 atom stereocenters. The van der Waals surface area contributed by atoms with Gasteiger partial charge in [0.25, 0.3) is 0 Å². The largest absolute Gasteiger partial charge is 0.327 e. The SMILES string of the molecule is C/C=C(/C)C1CCCCC1N. The van der Waals surface area contributed by atoms with Crippen molar-refractivity contribution >= 4 is 0 Å². The number of nitrogens with two attached hydrogens (primary N) is 1. The summed E-state index contributed by atoms with van der Waals surface area (Å²) in [6.07, 6.45) is 7.42. The minimum Gasteiger partial charge on any atom is -0.327 e. The molecule has 0 aromatic rings. The molecule has 0 aromatic heterocycles. The first kappa shape index (κ1) is 8.79. The molecule has 0 saturated heterocycles. The third kappa shape index (κ3) is 2.06. The Labute approximate surface area is 69.7 Å². The summed E-state index contributed by atoms with van der Waals surface area (Å²) >= 11 is 0. The molecule has 0 spiro atoms. The molecule has 64 valence electrons. The summed E-state index contributed by atoms with van der Waals surface area (Å²) in [5.41, 5.74) is 7.50. The molecule has 1 nitrogen and oxygen atoms in total. The van der Waals surface area contributed by atoms with E-state index in [4.69, 9.17) is 5.73 Å². The fourth-order valence-corrected chi connectivity index (χ4v) is 1.94. The molecular formula is C10H19N. The fraction of sp³-hybridized carbons (Fsp3) is 0.800. The van der Waals surface area contributed by atoms with Crippen molar-refractivity contribution in [1.82, 2.24) is 0 Å².